The number of sulfonamides is 1. The normalized spacial score (nSPS) is 15.5. The molecule has 1 fully saturated rings. The van der Waals surface area contributed by atoms with Crippen molar-refractivity contribution in [2.24, 2.45) is 11.3 Å². The molecule has 1 aromatic carbocycles. The molecule has 0 saturated carbocycles. The van der Waals surface area contributed by atoms with Crippen LogP contribution in [0.25, 0.3) is 11.0 Å². The van der Waals surface area contributed by atoms with Gasteiger partial charge in [0.1, 0.15) is 11.4 Å². The van der Waals surface area contributed by atoms with Gasteiger partial charge in [0.25, 0.3) is 10.0 Å². The van der Waals surface area contributed by atoms with Crippen molar-refractivity contribution in [3.8, 4) is 0 Å². The maximum atomic E-state index is 14.0. The van der Waals surface area contributed by atoms with Crippen LogP contribution in [-0.4, -0.2) is 37.6 Å². The minimum absolute atomic E-state index is 0.0501. The van der Waals surface area contributed by atoms with Crippen LogP contribution in [0.5, 0.6) is 0 Å². The van der Waals surface area contributed by atoms with Gasteiger partial charge in [0, 0.05) is 30.6 Å². The number of anilines is 2. The molecule has 0 unspecified atom stereocenters. The molecule has 1 saturated heterocycles. The Labute approximate surface area is 197 Å². The Morgan fingerprint density at radius 2 is 1.91 bits per heavy atom. The van der Waals surface area contributed by atoms with Gasteiger partial charge in [-0.1, -0.05) is 20.8 Å². The largest absolute Gasteiger partial charge is 0.451 e. The van der Waals surface area contributed by atoms with E-state index in [1.165, 1.54) is 29.7 Å². The van der Waals surface area contributed by atoms with Crippen molar-refractivity contribution in [1.29, 1.82) is 0 Å². The summed E-state index contributed by atoms with van der Waals surface area (Å²) in [6.45, 7) is 7.99. The van der Waals surface area contributed by atoms with Gasteiger partial charge in [0.05, 0.1) is 16.8 Å². The zero-order chi connectivity index (χ0) is 24.7. The highest BCUT2D eigenvalue weighted by atomic mass is 32.2. The number of carbonyl (C=O) groups excluding carboxylic acids is 1. The fraction of sp³-hybridized carbons (Fsp3) is 0.391. The summed E-state index contributed by atoms with van der Waals surface area (Å²) in [6.07, 6.45) is 2.92. The third-order valence-electron chi connectivity index (χ3n) is 6.22. The van der Waals surface area contributed by atoms with Crippen LogP contribution in [0, 0.1) is 17.2 Å². The van der Waals surface area contributed by atoms with Gasteiger partial charge in [-0.2, -0.15) is 0 Å². The van der Waals surface area contributed by atoms with Gasteiger partial charge in [-0.3, -0.25) is 14.7 Å². The quantitative estimate of drug-likeness (QED) is 0.362. The minimum Gasteiger partial charge on any atom is -0.451 e. The lowest BCUT2D eigenvalue weighted by Gasteiger charge is -2.39. The summed E-state index contributed by atoms with van der Waals surface area (Å²) in [5.74, 6) is -0.785. The number of benzene rings is 1. The Hall–Kier alpha value is -3.18. The number of hydroxylamine groups is 1. The first kappa shape index (κ1) is 24.0. The van der Waals surface area contributed by atoms with Crippen molar-refractivity contribution in [2.75, 3.05) is 22.7 Å². The average Bonchev–Trinajstić information content (AvgIpc) is 3.21. The maximum Gasteiger partial charge on any atom is 0.310 e. The van der Waals surface area contributed by atoms with E-state index in [2.05, 4.69) is 30.5 Å². The van der Waals surface area contributed by atoms with Crippen LogP contribution >= 0.6 is 0 Å². The molecular weight excluding hydrogens is 463 g/mol. The number of fused-ring (bicyclic) bond motifs is 1. The average molecular weight is 491 g/mol. The summed E-state index contributed by atoms with van der Waals surface area (Å²) in [4.78, 5) is 17.6. The monoisotopic (exact) mass is 490 g/mol. The number of amides is 1. The zero-order valence-corrected chi connectivity index (χ0v) is 19.9. The highest BCUT2D eigenvalue weighted by Gasteiger charge is 2.30. The van der Waals surface area contributed by atoms with Crippen LogP contribution in [0.15, 0.2) is 45.8 Å². The molecule has 9 nitrogen and oxygen atoms in total. The van der Waals surface area contributed by atoms with Crippen molar-refractivity contribution < 1.29 is 27.2 Å². The van der Waals surface area contributed by atoms with Crippen LogP contribution in [-0.2, 0) is 10.0 Å². The van der Waals surface area contributed by atoms with E-state index in [1.54, 1.807) is 0 Å². The van der Waals surface area contributed by atoms with E-state index in [0.717, 1.165) is 25.1 Å². The number of nitrogens with one attached hydrogen (secondary N) is 2. The molecular formula is C23H27FN4O5S. The molecule has 3 N–H and O–H groups in total. The Morgan fingerprint density at radius 3 is 2.56 bits per heavy atom. The van der Waals surface area contributed by atoms with Gasteiger partial charge in [-0.15, -0.1) is 0 Å². The van der Waals surface area contributed by atoms with Gasteiger partial charge in [0.2, 0.25) is 0 Å². The zero-order valence-electron chi connectivity index (χ0n) is 19.1. The fourth-order valence-electron chi connectivity index (χ4n) is 4.27. The maximum absolute atomic E-state index is 14.0. The predicted molar refractivity (Wildman–Crippen MR) is 125 cm³/mol. The number of hydrogen-bond donors (Lipinski definition) is 3. The van der Waals surface area contributed by atoms with Crippen molar-refractivity contribution in [3.63, 3.8) is 0 Å². The number of nitrogens with zero attached hydrogens (tertiary/aromatic N) is 2. The van der Waals surface area contributed by atoms with E-state index in [9.17, 15) is 17.6 Å². The van der Waals surface area contributed by atoms with Gasteiger partial charge in [-0.05, 0) is 42.4 Å². The van der Waals surface area contributed by atoms with E-state index in [1.807, 2.05) is 4.90 Å². The first-order valence-electron chi connectivity index (χ1n) is 10.9. The first-order valence-corrected chi connectivity index (χ1v) is 12.4. The standard InChI is InChI=1S/C23H27FN4O5S/c1-23(2,3)15-6-8-28(9-7-15)21-18(11-16(24)13-25-21)27-34(31,32)17-5-4-14-10-20(22(29)26-30)33-19(14)12-17/h4-5,10-13,15,27,30H,6-9H2,1-3H3,(H,26,29). The summed E-state index contributed by atoms with van der Waals surface area (Å²) in [5, 5.41) is 9.24. The number of carbonyl (C=O) groups is 1. The molecule has 1 amide bonds. The Bertz CT molecular complexity index is 1320. The molecule has 3 aromatic rings. The lowest BCUT2D eigenvalue weighted by atomic mass is 9.75. The van der Waals surface area contributed by atoms with Crippen LogP contribution in [0.1, 0.15) is 44.2 Å². The molecule has 2 aromatic heterocycles. The molecule has 0 atom stereocenters. The molecule has 182 valence electrons. The number of piperidine rings is 1. The van der Waals surface area contributed by atoms with Crippen LogP contribution < -0.4 is 15.1 Å². The number of aromatic nitrogens is 1. The molecule has 1 aliphatic rings. The summed E-state index contributed by atoms with van der Waals surface area (Å²) in [7, 11) is -4.13. The molecule has 11 heteroatoms. The second kappa shape index (κ2) is 8.88. The minimum atomic E-state index is -4.13. The van der Waals surface area contributed by atoms with Gasteiger partial charge in [-0.25, -0.2) is 23.3 Å². The molecule has 1 aliphatic heterocycles. The highest BCUT2D eigenvalue weighted by molar-refractivity contribution is 7.92. The number of rotatable bonds is 5. The van der Waals surface area contributed by atoms with Crippen LogP contribution in [0.3, 0.4) is 0 Å². The SMILES string of the molecule is CC(C)(C)C1CCN(c2ncc(F)cc2NS(=O)(=O)c2ccc3cc(C(=O)NO)oc3c2)CC1. The summed E-state index contributed by atoms with van der Waals surface area (Å²) >= 11 is 0. The molecule has 0 bridgehead atoms. The van der Waals surface area contributed by atoms with Crippen molar-refractivity contribution >= 4 is 38.4 Å². The molecule has 0 radical (unpaired) electrons. The highest BCUT2D eigenvalue weighted by Crippen LogP contribution is 2.37. The fourth-order valence-corrected chi connectivity index (χ4v) is 5.33. The number of furan rings is 1. The smallest absolute Gasteiger partial charge is 0.310 e. The Morgan fingerprint density at radius 1 is 1.21 bits per heavy atom. The lowest BCUT2D eigenvalue weighted by Crippen LogP contribution is -2.38. The topological polar surface area (TPSA) is 125 Å². The Kier molecular flexibility index (Phi) is 6.26. The lowest BCUT2D eigenvalue weighted by molar-refractivity contribution is 0.0678. The van der Waals surface area contributed by atoms with Crippen LogP contribution in [0.4, 0.5) is 15.9 Å². The second-order valence-corrected chi connectivity index (χ2v) is 11.2. The van der Waals surface area contributed by atoms with Crippen molar-refractivity contribution in [1.82, 2.24) is 10.5 Å². The third kappa shape index (κ3) is 4.85. The molecule has 0 spiro atoms. The summed E-state index contributed by atoms with van der Waals surface area (Å²) in [6, 6.07) is 6.57. The number of pyridine rings is 1. The molecule has 0 aliphatic carbocycles. The van der Waals surface area contributed by atoms with Crippen molar-refractivity contribution in [2.45, 2.75) is 38.5 Å². The van der Waals surface area contributed by atoms with Crippen LogP contribution in [0.2, 0.25) is 0 Å². The van der Waals surface area contributed by atoms with E-state index in [0.29, 0.717) is 30.2 Å². The number of halogens is 1. The molecule has 3 heterocycles. The number of hydrogen-bond acceptors (Lipinski definition) is 7. The van der Waals surface area contributed by atoms with E-state index in [4.69, 9.17) is 9.62 Å². The van der Waals surface area contributed by atoms with Gasteiger partial charge in [0.15, 0.2) is 11.6 Å². The Balaban J connectivity index is 1.61. The van der Waals surface area contributed by atoms with Crippen molar-refractivity contribution in [3.05, 3.63) is 48.1 Å². The van der Waals surface area contributed by atoms with E-state index in [-0.39, 0.29) is 27.3 Å². The van der Waals surface area contributed by atoms with E-state index < -0.39 is 21.7 Å². The second-order valence-electron chi connectivity index (χ2n) is 9.51. The first-order chi connectivity index (χ1) is 16.0. The van der Waals surface area contributed by atoms with Gasteiger partial charge >= 0.3 is 5.91 Å². The molecule has 4 rings (SSSR count). The van der Waals surface area contributed by atoms with E-state index >= 15 is 0 Å². The molecule has 34 heavy (non-hydrogen) atoms. The summed E-state index contributed by atoms with van der Waals surface area (Å²) in [5.41, 5.74) is 1.83. The van der Waals surface area contributed by atoms with Gasteiger partial charge < -0.3 is 9.32 Å². The predicted octanol–water partition coefficient (Wildman–Crippen LogP) is 4.15. The third-order valence-corrected chi connectivity index (χ3v) is 7.59. The summed E-state index contributed by atoms with van der Waals surface area (Å²) < 4.78 is 48.1.